The molecule has 1 N–H and O–H groups in total. The molecule has 0 bridgehead atoms. The lowest BCUT2D eigenvalue weighted by Crippen LogP contribution is -2.23. The predicted octanol–water partition coefficient (Wildman–Crippen LogP) is 2.74. The number of rotatable bonds is 3. The van der Waals surface area contributed by atoms with Gasteiger partial charge in [-0.3, -0.25) is 9.63 Å². The van der Waals surface area contributed by atoms with E-state index in [1.54, 1.807) is 6.92 Å². The first-order chi connectivity index (χ1) is 6.15. The summed E-state index contributed by atoms with van der Waals surface area (Å²) in [7, 11) is 0. The summed E-state index contributed by atoms with van der Waals surface area (Å²) in [4.78, 5) is 16.0. The van der Waals surface area contributed by atoms with Crippen LogP contribution >= 0.6 is 34.5 Å². The van der Waals surface area contributed by atoms with Crippen molar-refractivity contribution in [2.24, 2.45) is 0 Å². The van der Waals surface area contributed by atoms with E-state index in [0.29, 0.717) is 20.8 Å². The average Bonchev–Trinajstić information content (AvgIpc) is 2.41. The highest BCUT2D eigenvalue weighted by Crippen LogP contribution is 2.30. The van der Waals surface area contributed by atoms with E-state index in [9.17, 15) is 4.79 Å². The van der Waals surface area contributed by atoms with Crippen molar-refractivity contribution in [3.8, 4) is 0 Å². The van der Waals surface area contributed by atoms with E-state index in [-0.39, 0.29) is 5.91 Å². The maximum absolute atomic E-state index is 11.3. The standard InChI is InChI=1S/C7H7Cl2NO2S/c1-2-12-10-7(11)4-3-5(8)13-6(4)9/h3H,2H2,1H3,(H,10,11). The number of halogens is 2. The number of hydrogen-bond donors (Lipinski definition) is 1. The molecule has 0 fully saturated rings. The summed E-state index contributed by atoms with van der Waals surface area (Å²) in [6.45, 7) is 2.17. The molecule has 0 atom stereocenters. The summed E-state index contributed by atoms with van der Waals surface area (Å²) in [6.07, 6.45) is 0. The third kappa shape index (κ3) is 2.84. The number of thiophene rings is 1. The summed E-state index contributed by atoms with van der Waals surface area (Å²) in [5.74, 6) is -0.380. The quantitative estimate of drug-likeness (QED) is 0.825. The van der Waals surface area contributed by atoms with Gasteiger partial charge in [-0.15, -0.1) is 11.3 Å². The summed E-state index contributed by atoms with van der Waals surface area (Å²) in [6, 6.07) is 1.50. The van der Waals surface area contributed by atoms with Gasteiger partial charge in [-0.2, -0.15) is 0 Å². The largest absolute Gasteiger partial charge is 0.277 e. The molecule has 0 aliphatic heterocycles. The maximum atomic E-state index is 11.3. The molecule has 0 aromatic carbocycles. The van der Waals surface area contributed by atoms with Crippen molar-refractivity contribution in [2.45, 2.75) is 6.92 Å². The minimum atomic E-state index is -0.380. The third-order valence-corrected chi connectivity index (χ3v) is 2.70. The highest BCUT2D eigenvalue weighted by atomic mass is 35.5. The monoisotopic (exact) mass is 239 g/mol. The molecular weight excluding hydrogens is 233 g/mol. The van der Waals surface area contributed by atoms with Crippen LogP contribution in [0.4, 0.5) is 0 Å². The van der Waals surface area contributed by atoms with Crippen LogP contribution in [0.15, 0.2) is 6.07 Å². The van der Waals surface area contributed by atoms with Crippen molar-refractivity contribution < 1.29 is 9.63 Å². The highest BCUT2D eigenvalue weighted by molar-refractivity contribution is 7.20. The Bertz CT molecular complexity index is 313. The Kier molecular flexibility index (Phi) is 3.99. The van der Waals surface area contributed by atoms with E-state index in [2.05, 4.69) is 5.48 Å². The van der Waals surface area contributed by atoms with Gasteiger partial charge in [-0.25, -0.2) is 5.48 Å². The first-order valence-corrected chi connectivity index (χ1v) is 5.09. The number of hydroxylamine groups is 1. The van der Waals surface area contributed by atoms with Crippen molar-refractivity contribution in [3.63, 3.8) is 0 Å². The minimum Gasteiger partial charge on any atom is -0.274 e. The molecule has 0 unspecified atom stereocenters. The summed E-state index contributed by atoms with van der Waals surface area (Å²) in [5, 5.41) is 0. The Labute approximate surface area is 89.6 Å². The molecule has 0 saturated carbocycles. The fraction of sp³-hybridized carbons (Fsp3) is 0.286. The van der Waals surface area contributed by atoms with Crippen molar-refractivity contribution in [1.29, 1.82) is 0 Å². The minimum absolute atomic E-state index is 0.338. The molecule has 1 aromatic heterocycles. The zero-order valence-corrected chi connectivity index (χ0v) is 9.09. The molecule has 1 aromatic rings. The normalized spacial score (nSPS) is 10.1. The molecule has 1 amide bonds. The Hall–Kier alpha value is -0.290. The van der Waals surface area contributed by atoms with E-state index in [4.69, 9.17) is 28.0 Å². The Balaban J connectivity index is 2.70. The van der Waals surface area contributed by atoms with Gasteiger partial charge in [-0.1, -0.05) is 23.2 Å². The molecule has 1 heterocycles. The van der Waals surface area contributed by atoms with Crippen LogP contribution < -0.4 is 5.48 Å². The van der Waals surface area contributed by atoms with Gasteiger partial charge in [-0.05, 0) is 13.0 Å². The SMILES string of the molecule is CCONC(=O)c1cc(Cl)sc1Cl. The van der Waals surface area contributed by atoms with E-state index >= 15 is 0 Å². The van der Waals surface area contributed by atoms with Gasteiger partial charge < -0.3 is 0 Å². The van der Waals surface area contributed by atoms with Gasteiger partial charge in [0.1, 0.15) is 4.34 Å². The fourth-order valence-corrected chi connectivity index (χ4v) is 2.15. The van der Waals surface area contributed by atoms with Gasteiger partial charge in [0.15, 0.2) is 0 Å². The average molecular weight is 240 g/mol. The smallest absolute Gasteiger partial charge is 0.274 e. The van der Waals surface area contributed by atoms with Crippen LogP contribution in [0.5, 0.6) is 0 Å². The first-order valence-electron chi connectivity index (χ1n) is 3.52. The lowest BCUT2D eigenvalue weighted by atomic mass is 10.3. The molecule has 6 heteroatoms. The van der Waals surface area contributed by atoms with Gasteiger partial charge >= 0.3 is 0 Å². The Morgan fingerprint density at radius 2 is 2.38 bits per heavy atom. The lowest BCUT2D eigenvalue weighted by molar-refractivity contribution is 0.0365. The number of carbonyl (C=O) groups excluding carboxylic acids is 1. The van der Waals surface area contributed by atoms with Crippen LogP contribution in [0.3, 0.4) is 0 Å². The topological polar surface area (TPSA) is 38.3 Å². The summed E-state index contributed by atoms with van der Waals surface area (Å²) in [5.41, 5.74) is 2.57. The van der Waals surface area contributed by atoms with E-state index in [0.717, 1.165) is 11.3 Å². The van der Waals surface area contributed by atoms with Crippen molar-refractivity contribution >= 4 is 40.4 Å². The second kappa shape index (κ2) is 4.81. The number of amides is 1. The molecule has 3 nitrogen and oxygen atoms in total. The number of carbonyl (C=O) groups is 1. The number of hydrogen-bond acceptors (Lipinski definition) is 3. The van der Waals surface area contributed by atoms with E-state index < -0.39 is 0 Å². The van der Waals surface area contributed by atoms with Crippen molar-refractivity contribution in [2.75, 3.05) is 6.61 Å². The summed E-state index contributed by atoms with van der Waals surface area (Å²) >= 11 is 12.5. The van der Waals surface area contributed by atoms with Gasteiger partial charge in [0, 0.05) is 0 Å². The van der Waals surface area contributed by atoms with Crippen molar-refractivity contribution in [1.82, 2.24) is 5.48 Å². The Morgan fingerprint density at radius 1 is 1.69 bits per heavy atom. The molecule has 0 radical (unpaired) electrons. The van der Waals surface area contributed by atoms with Crippen LogP contribution in [0.1, 0.15) is 17.3 Å². The van der Waals surface area contributed by atoms with Gasteiger partial charge in [0.05, 0.1) is 16.5 Å². The molecule has 0 aliphatic carbocycles. The highest BCUT2D eigenvalue weighted by Gasteiger charge is 2.13. The van der Waals surface area contributed by atoms with Crippen LogP contribution in [0, 0.1) is 0 Å². The zero-order chi connectivity index (χ0) is 9.84. The van der Waals surface area contributed by atoms with Crippen molar-refractivity contribution in [3.05, 3.63) is 20.3 Å². The molecule has 72 valence electrons. The fourth-order valence-electron chi connectivity index (χ4n) is 0.688. The van der Waals surface area contributed by atoms with Gasteiger partial charge in [0.2, 0.25) is 0 Å². The molecule has 0 aliphatic rings. The molecule has 0 saturated heterocycles. The van der Waals surface area contributed by atoms with Crippen LogP contribution in [-0.4, -0.2) is 12.5 Å². The van der Waals surface area contributed by atoms with E-state index in [1.165, 1.54) is 6.07 Å². The molecule has 0 spiro atoms. The number of nitrogens with one attached hydrogen (secondary N) is 1. The third-order valence-electron chi connectivity index (χ3n) is 1.21. The predicted molar refractivity (Wildman–Crippen MR) is 53.4 cm³/mol. The maximum Gasteiger partial charge on any atom is 0.277 e. The molecule has 1 rings (SSSR count). The van der Waals surface area contributed by atoms with E-state index in [1.807, 2.05) is 0 Å². The van der Waals surface area contributed by atoms with Crippen LogP contribution in [0.2, 0.25) is 8.67 Å². The second-order valence-corrected chi connectivity index (χ2v) is 4.39. The molecule has 13 heavy (non-hydrogen) atoms. The lowest BCUT2D eigenvalue weighted by Gasteiger charge is -2.01. The van der Waals surface area contributed by atoms with Gasteiger partial charge in [0.25, 0.3) is 5.91 Å². The Morgan fingerprint density at radius 3 is 2.85 bits per heavy atom. The van der Waals surface area contributed by atoms with Crippen LogP contribution in [0.25, 0.3) is 0 Å². The van der Waals surface area contributed by atoms with Crippen LogP contribution in [-0.2, 0) is 4.84 Å². The first kappa shape index (κ1) is 10.8. The zero-order valence-electron chi connectivity index (χ0n) is 6.77. The second-order valence-electron chi connectivity index (χ2n) is 2.10. The molecular formula is C7H7Cl2NO2S. The summed E-state index contributed by atoms with van der Waals surface area (Å²) < 4.78 is 0.842.